The van der Waals surface area contributed by atoms with Crippen molar-refractivity contribution in [1.82, 2.24) is 0 Å². The molecule has 0 aliphatic rings. The highest BCUT2D eigenvalue weighted by atomic mass is 14.1. The summed E-state index contributed by atoms with van der Waals surface area (Å²) in [7, 11) is 0. The Labute approximate surface area is 90.8 Å². The lowest BCUT2D eigenvalue weighted by Crippen LogP contribution is -1.94. The second-order valence-electron chi connectivity index (χ2n) is 4.21. The highest BCUT2D eigenvalue weighted by molar-refractivity contribution is 4.86. The van der Waals surface area contributed by atoms with Gasteiger partial charge in [-0.05, 0) is 25.2 Å². The summed E-state index contributed by atoms with van der Waals surface area (Å²) in [5, 5.41) is 0. The van der Waals surface area contributed by atoms with E-state index in [4.69, 9.17) is 0 Å². The van der Waals surface area contributed by atoms with Gasteiger partial charge in [-0.15, -0.1) is 0 Å². The molecule has 0 fully saturated rings. The van der Waals surface area contributed by atoms with Crippen LogP contribution in [0.3, 0.4) is 0 Å². The molecule has 0 aromatic rings. The Kier molecular flexibility index (Phi) is 10.6. The minimum atomic E-state index is 0.844. The molecule has 0 heterocycles. The number of allylic oxidation sites excluding steroid dienone is 2. The van der Waals surface area contributed by atoms with Gasteiger partial charge in [0.1, 0.15) is 0 Å². The van der Waals surface area contributed by atoms with Crippen LogP contribution in [0, 0.1) is 5.92 Å². The van der Waals surface area contributed by atoms with Crippen molar-refractivity contribution in [2.45, 2.75) is 72.1 Å². The fourth-order valence-corrected chi connectivity index (χ4v) is 1.78. The third kappa shape index (κ3) is 8.34. The molecule has 0 bridgehead atoms. The molecule has 84 valence electrons. The van der Waals surface area contributed by atoms with Crippen LogP contribution in [-0.2, 0) is 0 Å². The minimum absolute atomic E-state index is 0.844. The van der Waals surface area contributed by atoms with E-state index in [-0.39, 0.29) is 0 Å². The Hall–Kier alpha value is -0.260. The highest BCUT2D eigenvalue weighted by Crippen LogP contribution is 2.16. The summed E-state index contributed by atoms with van der Waals surface area (Å²) in [6.07, 6.45) is 15.7. The van der Waals surface area contributed by atoms with Gasteiger partial charge in [0.2, 0.25) is 0 Å². The molecule has 14 heavy (non-hydrogen) atoms. The Morgan fingerprint density at radius 1 is 0.929 bits per heavy atom. The molecule has 0 saturated heterocycles. The fraction of sp³-hybridized carbons (Fsp3) is 0.857. The van der Waals surface area contributed by atoms with Crippen molar-refractivity contribution in [3.63, 3.8) is 0 Å². The molecule has 1 atom stereocenters. The summed E-state index contributed by atoms with van der Waals surface area (Å²) in [5.41, 5.74) is 0. The standard InChI is InChI=1S/C14H28/c1-4-7-9-10-11-13-14(6-3)12-8-5-2/h8,12,14H,4-7,9-11,13H2,1-3H3. The van der Waals surface area contributed by atoms with E-state index in [0.29, 0.717) is 0 Å². The van der Waals surface area contributed by atoms with Crippen LogP contribution in [0.4, 0.5) is 0 Å². The maximum atomic E-state index is 2.42. The van der Waals surface area contributed by atoms with Gasteiger partial charge in [-0.2, -0.15) is 0 Å². The van der Waals surface area contributed by atoms with Crippen LogP contribution in [0.1, 0.15) is 72.1 Å². The summed E-state index contributed by atoms with van der Waals surface area (Å²) in [5.74, 6) is 0.844. The van der Waals surface area contributed by atoms with Crippen molar-refractivity contribution in [2.24, 2.45) is 5.92 Å². The zero-order chi connectivity index (χ0) is 10.6. The van der Waals surface area contributed by atoms with E-state index in [9.17, 15) is 0 Å². The van der Waals surface area contributed by atoms with Crippen LogP contribution >= 0.6 is 0 Å². The second kappa shape index (κ2) is 10.8. The topological polar surface area (TPSA) is 0 Å². The summed E-state index contributed by atoms with van der Waals surface area (Å²) >= 11 is 0. The normalized spacial score (nSPS) is 13.6. The Bertz CT molecular complexity index is 124. The summed E-state index contributed by atoms with van der Waals surface area (Å²) in [6, 6.07) is 0. The van der Waals surface area contributed by atoms with Crippen LogP contribution in [0.25, 0.3) is 0 Å². The Morgan fingerprint density at radius 2 is 1.64 bits per heavy atom. The summed E-state index contributed by atoms with van der Waals surface area (Å²) in [6.45, 7) is 6.79. The minimum Gasteiger partial charge on any atom is -0.0885 e. The number of hydrogen-bond acceptors (Lipinski definition) is 0. The molecule has 0 rings (SSSR count). The molecule has 0 heteroatoms. The fourth-order valence-electron chi connectivity index (χ4n) is 1.78. The smallest absolute Gasteiger partial charge is 0.0236 e. The van der Waals surface area contributed by atoms with Crippen molar-refractivity contribution in [3.05, 3.63) is 12.2 Å². The van der Waals surface area contributed by atoms with E-state index in [1.165, 1.54) is 51.4 Å². The Balaban J connectivity index is 3.38. The SMILES string of the molecule is CCC=CC(CC)CCCCCCC. The molecule has 0 aromatic heterocycles. The maximum Gasteiger partial charge on any atom is -0.0236 e. The second-order valence-corrected chi connectivity index (χ2v) is 4.21. The van der Waals surface area contributed by atoms with Gasteiger partial charge in [-0.3, -0.25) is 0 Å². The van der Waals surface area contributed by atoms with E-state index in [0.717, 1.165) is 5.92 Å². The molecule has 0 aromatic carbocycles. The third-order valence-electron chi connectivity index (χ3n) is 2.85. The number of rotatable bonds is 9. The lowest BCUT2D eigenvalue weighted by atomic mass is 9.97. The van der Waals surface area contributed by atoms with Crippen molar-refractivity contribution in [2.75, 3.05) is 0 Å². The maximum absolute atomic E-state index is 2.42. The van der Waals surface area contributed by atoms with Gasteiger partial charge in [-0.25, -0.2) is 0 Å². The quantitative estimate of drug-likeness (QED) is 0.345. The summed E-state index contributed by atoms with van der Waals surface area (Å²) in [4.78, 5) is 0. The molecule has 0 spiro atoms. The lowest BCUT2D eigenvalue weighted by Gasteiger charge is -2.09. The largest absolute Gasteiger partial charge is 0.0885 e. The molecule has 0 aliphatic carbocycles. The van der Waals surface area contributed by atoms with Crippen molar-refractivity contribution < 1.29 is 0 Å². The highest BCUT2D eigenvalue weighted by Gasteiger charge is 2.00. The molecule has 0 amide bonds. The number of unbranched alkanes of at least 4 members (excludes halogenated alkanes) is 4. The zero-order valence-corrected chi connectivity index (χ0v) is 10.4. The molecular formula is C14H28. The first kappa shape index (κ1) is 13.7. The van der Waals surface area contributed by atoms with E-state index in [1.54, 1.807) is 0 Å². The monoisotopic (exact) mass is 196 g/mol. The van der Waals surface area contributed by atoms with Gasteiger partial charge in [0.25, 0.3) is 0 Å². The lowest BCUT2D eigenvalue weighted by molar-refractivity contribution is 0.512. The Morgan fingerprint density at radius 3 is 2.21 bits per heavy atom. The van der Waals surface area contributed by atoms with Crippen molar-refractivity contribution >= 4 is 0 Å². The third-order valence-corrected chi connectivity index (χ3v) is 2.85. The molecule has 0 radical (unpaired) electrons. The zero-order valence-electron chi connectivity index (χ0n) is 10.4. The van der Waals surface area contributed by atoms with E-state index in [2.05, 4.69) is 32.9 Å². The van der Waals surface area contributed by atoms with E-state index < -0.39 is 0 Å². The van der Waals surface area contributed by atoms with Gasteiger partial charge < -0.3 is 0 Å². The van der Waals surface area contributed by atoms with Crippen molar-refractivity contribution in [3.8, 4) is 0 Å². The molecule has 0 nitrogen and oxygen atoms in total. The molecule has 0 saturated carbocycles. The first-order valence-electron chi connectivity index (χ1n) is 6.51. The van der Waals surface area contributed by atoms with Crippen LogP contribution in [0.5, 0.6) is 0 Å². The predicted molar refractivity (Wildman–Crippen MR) is 66.6 cm³/mol. The first-order chi connectivity index (χ1) is 6.85. The van der Waals surface area contributed by atoms with Gasteiger partial charge >= 0.3 is 0 Å². The average molecular weight is 196 g/mol. The van der Waals surface area contributed by atoms with Crippen LogP contribution < -0.4 is 0 Å². The van der Waals surface area contributed by atoms with E-state index in [1.807, 2.05) is 0 Å². The van der Waals surface area contributed by atoms with Crippen LogP contribution in [0.15, 0.2) is 12.2 Å². The average Bonchev–Trinajstić information content (AvgIpc) is 2.22. The van der Waals surface area contributed by atoms with E-state index >= 15 is 0 Å². The molecule has 0 N–H and O–H groups in total. The molecular weight excluding hydrogens is 168 g/mol. The molecule has 0 aliphatic heterocycles. The van der Waals surface area contributed by atoms with Crippen LogP contribution in [-0.4, -0.2) is 0 Å². The first-order valence-corrected chi connectivity index (χ1v) is 6.51. The molecule has 1 unspecified atom stereocenters. The predicted octanol–water partition coefficient (Wildman–Crippen LogP) is 5.34. The van der Waals surface area contributed by atoms with Gasteiger partial charge in [0.15, 0.2) is 0 Å². The number of hydrogen-bond donors (Lipinski definition) is 0. The van der Waals surface area contributed by atoms with Crippen molar-refractivity contribution in [1.29, 1.82) is 0 Å². The summed E-state index contributed by atoms with van der Waals surface area (Å²) < 4.78 is 0. The van der Waals surface area contributed by atoms with Gasteiger partial charge in [0.05, 0.1) is 0 Å². The van der Waals surface area contributed by atoms with Gasteiger partial charge in [0, 0.05) is 0 Å². The van der Waals surface area contributed by atoms with Crippen LogP contribution in [0.2, 0.25) is 0 Å². The van der Waals surface area contributed by atoms with Gasteiger partial charge in [-0.1, -0.05) is 65.0 Å².